The fraction of sp³-hybridized carbons (Fsp3) is 0. The van der Waals surface area contributed by atoms with Crippen LogP contribution in [0.5, 0.6) is 0 Å². The van der Waals surface area contributed by atoms with Gasteiger partial charge in [0, 0.05) is 15.6 Å². The molecule has 1 aromatic heterocycles. The number of hydrogen-bond donors (Lipinski definition) is 1. The summed E-state index contributed by atoms with van der Waals surface area (Å²) in [5.74, 6) is 1.08. The number of rotatable bonds is 2. The lowest BCUT2D eigenvalue weighted by Gasteiger charge is -2.05. The molecule has 0 atom stereocenters. The average Bonchev–Trinajstić information content (AvgIpc) is 2.82. The summed E-state index contributed by atoms with van der Waals surface area (Å²) in [6.07, 6.45) is 0. The van der Waals surface area contributed by atoms with Gasteiger partial charge in [-0.25, -0.2) is 0 Å². The molecule has 0 spiro atoms. The average molecular weight is 315 g/mol. The van der Waals surface area contributed by atoms with Gasteiger partial charge in [0.25, 0.3) is 0 Å². The first kappa shape index (κ1) is 12.0. The van der Waals surface area contributed by atoms with E-state index in [0.29, 0.717) is 11.6 Å². The van der Waals surface area contributed by atoms with Crippen molar-refractivity contribution in [2.45, 2.75) is 0 Å². The van der Waals surface area contributed by atoms with Gasteiger partial charge in [-0.1, -0.05) is 69.6 Å². The van der Waals surface area contributed by atoms with Gasteiger partial charge in [-0.15, -0.1) is 0 Å². The highest BCUT2D eigenvalue weighted by Crippen LogP contribution is 2.39. The summed E-state index contributed by atoms with van der Waals surface area (Å²) in [7, 11) is 0. The summed E-state index contributed by atoms with van der Waals surface area (Å²) >= 11 is 3.53. The van der Waals surface area contributed by atoms with Crippen molar-refractivity contribution in [1.29, 1.82) is 0 Å². The van der Waals surface area contributed by atoms with Crippen molar-refractivity contribution in [1.82, 2.24) is 5.16 Å². The predicted octanol–water partition coefficient (Wildman–Crippen LogP) is 4.35. The second-order valence-electron chi connectivity index (χ2n) is 4.12. The number of halogens is 1. The van der Waals surface area contributed by atoms with Crippen molar-refractivity contribution in [2.75, 3.05) is 5.73 Å². The van der Waals surface area contributed by atoms with Crippen molar-refractivity contribution < 1.29 is 4.52 Å². The van der Waals surface area contributed by atoms with Gasteiger partial charge >= 0.3 is 0 Å². The number of benzene rings is 2. The molecule has 0 radical (unpaired) electrons. The van der Waals surface area contributed by atoms with Crippen molar-refractivity contribution >= 4 is 21.7 Å². The largest absolute Gasteiger partial charge is 0.380 e. The van der Waals surface area contributed by atoms with Crippen LogP contribution in [0, 0.1) is 0 Å². The molecule has 3 aromatic rings. The predicted molar refractivity (Wildman–Crippen MR) is 79.5 cm³/mol. The first-order chi connectivity index (χ1) is 9.27. The van der Waals surface area contributed by atoms with Crippen LogP contribution in [0.15, 0.2) is 63.6 Å². The van der Waals surface area contributed by atoms with E-state index >= 15 is 0 Å². The number of hydrogen-bond acceptors (Lipinski definition) is 3. The molecule has 0 aliphatic rings. The minimum absolute atomic E-state index is 0.394. The Kier molecular flexibility index (Phi) is 3.09. The first-order valence-electron chi connectivity index (χ1n) is 5.83. The molecular weight excluding hydrogens is 304 g/mol. The molecule has 0 aliphatic heterocycles. The Labute approximate surface area is 119 Å². The minimum Gasteiger partial charge on any atom is -0.380 e. The van der Waals surface area contributed by atoms with E-state index in [2.05, 4.69) is 21.1 Å². The van der Waals surface area contributed by atoms with Crippen LogP contribution in [0.25, 0.3) is 22.5 Å². The van der Waals surface area contributed by atoms with Gasteiger partial charge in [0.15, 0.2) is 11.6 Å². The van der Waals surface area contributed by atoms with E-state index in [1.165, 1.54) is 0 Å². The van der Waals surface area contributed by atoms with E-state index in [1.807, 2.05) is 54.6 Å². The molecule has 0 saturated carbocycles. The lowest BCUT2D eigenvalue weighted by Crippen LogP contribution is -1.89. The Balaban J connectivity index is 2.23. The summed E-state index contributed by atoms with van der Waals surface area (Å²) in [5, 5.41) is 3.89. The monoisotopic (exact) mass is 314 g/mol. The quantitative estimate of drug-likeness (QED) is 0.765. The molecule has 0 saturated heterocycles. The normalized spacial score (nSPS) is 10.6. The third kappa shape index (κ3) is 2.15. The molecule has 0 aliphatic carbocycles. The molecule has 3 nitrogen and oxygen atoms in total. The van der Waals surface area contributed by atoms with Crippen LogP contribution in [0.2, 0.25) is 0 Å². The standard InChI is InChI=1S/C15H11BrN2O/c16-12-9-5-4-8-11(12)13-14(19-18-15(13)17)10-6-2-1-3-7-10/h1-9H,(H2,17,18). The number of nitrogens with zero attached hydrogens (tertiary/aromatic N) is 1. The Morgan fingerprint density at radius 1 is 0.947 bits per heavy atom. The molecule has 2 N–H and O–H groups in total. The summed E-state index contributed by atoms with van der Waals surface area (Å²) < 4.78 is 6.36. The van der Waals surface area contributed by atoms with Crippen LogP contribution in [0.3, 0.4) is 0 Å². The zero-order valence-corrected chi connectivity index (χ0v) is 11.6. The number of nitrogen functional groups attached to an aromatic ring is 1. The Morgan fingerprint density at radius 3 is 2.37 bits per heavy atom. The topological polar surface area (TPSA) is 52.0 Å². The Morgan fingerprint density at radius 2 is 1.63 bits per heavy atom. The third-order valence-corrected chi connectivity index (χ3v) is 3.59. The summed E-state index contributed by atoms with van der Waals surface area (Å²) in [6.45, 7) is 0. The van der Waals surface area contributed by atoms with Crippen LogP contribution in [0.1, 0.15) is 0 Å². The van der Waals surface area contributed by atoms with E-state index in [0.717, 1.165) is 21.2 Å². The van der Waals surface area contributed by atoms with Gasteiger partial charge in [-0.3, -0.25) is 0 Å². The van der Waals surface area contributed by atoms with Gasteiger partial charge in [-0.05, 0) is 6.07 Å². The lowest BCUT2D eigenvalue weighted by molar-refractivity contribution is 0.436. The van der Waals surface area contributed by atoms with Crippen LogP contribution in [-0.4, -0.2) is 5.16 Å². The summed E-state index contributed by atoms with van der Waals surface area (Å²) in [5.41, 5.74) is 8.70. The minimum atomic E-state index is 0.394. The molecule has 1 heterocycles. The Bertz CT molecular complexity index is 707. The molecule has 19 heavy (non-hydrogen) atoms. The maximum Gasteiger partial charge on any atom is 0.176 e. The van der Waals surface area contributed by atoms with Gasteiger partial charge in [0.05, 0.1) is 5.56 Å². The molecule has 0 unspecified atom stereocenters. The smallest absolute Gasteiger partial charge is 0.176 e. The van der Waals surface area contributed by atoms with Gasteiger partial charge in [0.2, 0.25) is 0 Å². The van der Waals surface area contributed by atoms with Crippen molar-refractivity contribution in [3.05, 3.63) is 59.1 Å². The first-order valence-corrected chi connectivity index (χ1v) is 6.62. The molecule has 2 aromatic carbocycles. The van der Waals surface area contributed by atoms with Crippen molar-refractivity contribution in [3.8, 4) is 22.5 Å². The fourth-order valence-electron chi connectivity index (χ4n) is 2.01. The fourth-order valence-corrected chi connectivity index (χ4v) is 2.50. The van der Waals surface area contributed by atoms with E-state index in [-0.39, 0.29) is 0 Å². The highest BCUT2D eigenvalue weighted by atomic mass is 79.9. The van der Waals surface area contributed by atoms with E-state index in [4.69, 9.17) is 10.3 Å². The molecule has 4 heteroatoms. The van der Waals surface area contributed by atoms with Crippen LogP contribution >= 0.6 is 15.9 Å². The van der Waals surface area contributed by atoms with Crippen LogP contribution in [-0.2, 0) is 0 Å². The number of nitrogens with two attached hydrogens (primary N) is 1. The zero-order chi connectivity index (χ0) is 13.2. The number of anilines is 1. The van der Waals surface area contributed by atoms with Crippen LogP contribution in [0.4, 0.5) is 5.82 Å². The summed E-state index contributed by atoms with van der Waals surface area (Å²) in [6, 6.07) is 17.7. The van der Waals surface area contributed by atoms with Gasteiger partial charge in [-0.2, -0.15) is 0 Å². The molecule has 0 amide bonds. The van der Waals surface area contributed by atoms with Crippen molar-refractivity contribution in [3.63, 3.8) is 0 Å². The molecular formula is C15H11BrN2O. The van der Waals surface area contributed by atoms with E-state index in [1.54, 1.807) is 0 Å². The molecule has 0 fully saturated rings. The van der Waals surface area contributed by atoms with Crippen LogP contribution < -0.4 is 5.73 Å². The Hall–Kier alpha value is -2.07. The molecule has 94 valence electrons. The molecule has 0 bridgehead atoms. The second-order valence-corrected chi connectivity index (χ2v) is 4.97. The SMILES string of the molecule is Nc1noc(-c2ccccc2)c1-c1ccccc1Br. The maximum absolute atomic E-state index is 5.95. The van der Waals surface area contributed by atoms with Gasteiger partial charge < -0.3 is 10.3 Å². The van der Waals surface area contributed by atoms with E-state index < -0.39 is 0 Å². The second kappa shape index (κ2) is 4.90. The lowest BCUT2D eigenvalue weighted by atomic mass is 10.0. The van der Waals surface area contributed by atoms with E-state index in [9.17, 15) is 0 Å². The van der Waals surface area contributed by atoms with Crippen molar-refractivity contribution in [2.24, 2.45) is 0 Å². The zero-order valence-electron chi connectivity index (χ0n) is 10.0. The summed E-state index contributed by atoms with van der Waals surface area (Å²) in [4.78, 5) is 0. The highest BCUT2D eigenvalue weighted by Gasteiger charge is 2.18. The number of aromatic nitrogens is 1. The molecule has 3 rings (SSSR count). The third-order valence-electron chi connectivity index (χ3n) is 2.90. The highest BCUT2D eigenvalue weighted by molar-refractivity contribution is 9.10. The maximum atomic E-state index is 5.95. The van der Waals surface area contributed by atoms with Gasteiger partial charge in [0.1, 0.15) is 0 Å².